The van der Waals surface area contributed by atoms with Crippen LogP contribution in [0.2, 0.25) is 0 Å². The number of carbonyl (C=O) groups is 3. The second-order valence-corrected chi connectivity index (χ2v) is 6.58. The van der Waals surface area contributed by atoms with E-state index in [1.807, 2.05) is 0 Å². The molecule has 0 aromatic carbocycles. The first-order valence-corrected chi connectivity index (χ1v) is 6.86. The highest BCUT2D eigenvalue weighted by Gasteiger charge is 2.30. The molecule has 0 heterocycles. The fourth-order valence-electron chi connectivity index (χ4n) is 1.31. The van der Waals surface area contributed by atoms with Crippen molar-refractivity contribution in [1.82, 2.24) is 10.4 Å². The monoisotopic (exact) mass is 302 g/mol. The first kappa shape index (κ1) is 19.2. The Morgan fingerprint density at radius 3 is 1.90 bits per heavy atom. The average Bonchev–Trinajstić information content (AvgIpc) is 2.24. The van der Waals surface area contributed by atoms with Crippen LogP contribution in [0.3, 0.4) is 0 Å². The smallest absolute Gasteiger partial charge is 0.429 e. The fraction of sp³-hybridized carbons (Fsp3) is 0.786. The van der Waals surface area contributed by atoms with E-state index in [1.165, 1.54) is 0 Å². The molecule has 0 saturated carbocycles. The molecule has 1 N–H and O–H groups in total. The van der Waals surface area contributed by atoms with Crippen molar-refractivity contribution in [3.8, 4) is 0 Å². The zero-order valence-electron chi connectivity index (χ0n) is 13.9. The summed E-state index contributed by atoms with van der Waals surface area (Å²) < 4.78 is 10.2. The van der Waals surface area contributed by atoms with E-state index in [9.17, 15) is 14.4 Å². The SMILES string of the molecule is CC[C@@H](C=O)N(NC(=O)OC(C)(C)C)C(=O)OC(C)(C)C. The number of hydrogen-bond donors (Lipinski definition) is 1. The lowest BCUT2D eigenvalue weighted by Crippen LogP contribution is -2.54. The zero-order valence-corrected chi connectivity index (χ0v) is 13.9. The Labute approximate surface area is 125 Å². The van der Waals surface area contributed by atoms with Crippen LogP contribution in [0.15, 0.2) is 0 Å². The van der Waals surface area contributed by atoms with Crippen LogP contribution in [0.4, 0.5) is 9.59 Å². The summed E-state index contributed by atoms with van der Waals surface area (Å²) in [5.74, 6) is 0. The maximum absolute atomic E-state index is 12.1. The van der Waals surface area contributed by atoms with Gasteiger partial charge in [0.2, 0.25) is 0 Å². The largest absolute Gasteiger partial charge is 0.443 e. The summed E-state index contributed by atoms with van der Waals surface area (Å²) in [4.78, 5) is 34.9. The quantitative estimate of drug-likeness (QED) is 0.640. The van der Waals surface area contributed by atoms with Crippen molar-refractivity contribution < 1.29 is 23.9 Å². The van der Waals surface area contributed by atoms with Gasteiger partial charge in [0.15, 0.2) is 0 Å². The third-order valence-corrected chi connectivity index (χ3v) is 2.11. The van der Waals surface area contributed by atoms with Crippen molar-refractivity contribution in [2.24, 2.45) is 0 Å². The maximum atomic E-state index is 12.1. The lowest BCUT2D eigenvalue weighted by atomic mass is 10.2. The highest BCUT2D eigenvalue weighted by atomic mass is 16.6. The fourth-order valence-corrected chi connectivity index (χ4v) is 1.31. The van der Waals surface area contributed by atoms with Crippen molar-refractivity contribution in [3.63, 3.8) is 0 Å². The van der Waals surface area contributed by atoms with Crippen molar-refractivity contribution in [3.05, 3.63) is 0 Å². The van der Waals surface area contributed by atoms with Gasteiger partial charge in [0, 0.05) is 0 Å². The molecule has 0 rings (SSSR count). The lowest BCUT2D eigenvalue weighted by Gasteiger charge is -2.31. The third kappa shape index (κ3) is 8.16. The number of carbonyl (C=O) groups excluding carboxylic acids is 3. The molecule has 122 valence electrons. The Bertz CT molecular complexity index is 382. The van der Waals surface area contributed by atoms with Crippen molar-refractivity contribution in [2.75, 3.05) is 0 Å². The van der Waals surface area contributed by atoms with Crippen LogP contribution in [0.5, 0.6) is 0 Å². The van der Waals surface area contributed by atoms with Crippen LogP contribution in [-0.4, -0.2) is 40.7 Å². The lowest BCUT2D eigenvalue weighted by molar-refractivity contribution is -0.113. The molecule has 2 amide bonds. The van der Waals surface area contributed by atoms with E-state index >= 15 is 0 Å². The highest BCUT2D eigenvalue weighted by Crippen LogP contribution is 2.12. The van der Waals surface area contributed by atoms with E-state index < -0.39 is 29.4 Å². The summed E-state index contributed by atoms with van der Waals surface area (Å²) in [5, 5.41) is 0.853. The van der Waals surface area contributed by atoms with Crippen LogP contribution in [0.25, 0.3) is 0 Å². The molecule has 0 unspecified atom stereocenters. The number of hydrazine groups is 1. The molecule has 1 atom stereocenters. The molecule has 0 aromatic heterocycles. The number of ether oxygens (including phenoxy) is 2. The van der Waals surface area contributed by atoms with Gasteiger partial charge in [-0.1, -0.05) is 6.92 Å². The van der Waals surface area contributed by atoms with Gasteiger partial charge in [0.25, 0.3) is 0 Å². The van der Waals surface area contributed by atoms with E-state index in [4.69, 9.17) is 9.47 Å². The number of aldehydes is 1. The van der Waals surface area contributed by atoms with Gasteiger partial charge >= 0.3 is 12.2 Å². The van der Waals surface area contributed by atoms with Gasteiger partial charge in [0.1, 0.15) is 23.5 Å². The molecule has 7 nitrogen and oxygen atoms in total. The first-order chi connectivity index (χ1) is 9.39. The Balaban J connectivity index is 5.03. The van der Waals surface area contributed by atoms with Gasteiger partial charge in [-0.25, -0.2) is 20.0 Å². The van der Waals surface area contributed by atoms with Crippen LogP contribution in [0.1, 0.15) is 54.9 Å². The van der Waals surface area contributed by atoms with Gasteiger partial charge in [-0.05, 0) is 48.0 Å². The predicted octanol–water partition coefficient (Wildman–Crippen LogP) is 2.64. The second kappa shape index (κ2) is 7.28. The molecule has 0 aliphatic carbocycles. The Hall–Kier alpha value is -1.79. The normalized spacial score (nSPS) is 13.1. The molecule has 0 fully saturated rings. The number of hydrogen-bond acceptors (Lipinski definition) is 5. The van der Waals surface area contributed by atoms with Gasteiger partial charge in [0.05, 0.1) is 0 Å². The third-order valence-electron chi connectivity index (χ3n) is 2.11. The van der Waals surface area contributed by atoms with Crippen LogP contribution < -0.4 is 5.43 Å². The van der Waals surface area contributed by atoms with Gasteiger partial charge < -0.3 is 14.3 Å². The molecule has 0 saturated heterocycles. The molecular formula is C14H26N2O5. The maximum Gasteiger partial charge on any atom is 0.429 e. The molecule has 0 aliphatic heterocycles. The van der Waals surface area contributed by atoms with Crippen molar-refractivity contribution in [2.45, 2.75) is 72.1 Å². The van der Waals surface area contributed by atoms with E-state index in [2.05, 4.69) is 5.43 Å². The minimum atomic E-state index is -0.827. The molecule has 0 aliphatic rings. The summed E-state index contributed by atoms with van der Waals surface area (Å²) in [5.41, 5.74) is 0.805. The van der Waals surface area contributed by atoms with Crippen LogP contribution in [-0.2, 0) is 14.3 Å². The van der Waals surface area contributed by atoms with Crippen molar-refractivity contribution >= 4 is 18.5 Å². The van der Waals surface area contributed by atoms with E-state index in [0.717, 1.165) is 5.01 Å². The summed E-state index contributed by atoms with van der Waals surface area (Å²) in [6.45, 7) is 11.9. The minimum Gasteiger partial charge on any atom is -0.443 e. The summed E-state index contributed by atoms with van der Waals surface area (Å²) in [6, 6.07) is -0.827. The molecule has 0 radical (unpaired) electrons. The highest BCUT2D eigenvalue weighted by molar-refractivity contribution is 5.77. The molecular weight excluding hydrogens is 276 g/mol. The molecule has 7 heteroatoms. The Kier molecular flexibility index (Phi) is 6.66. The van der Waals surface area contributed by atoms with Gasteiger partial charge in [-0.2, -0.15) is 0 Å². The summed E-state index contributed by atoms with van der Waals surface area (Å²) in [7, 11) is 0. The average molecular weight is 302 g/mol. The number of amides is 2. The second-order valence-electron chi connectivity index (χ2n) is 6.58. The van der Waals surface area contributed by atoms with Gasteiger partial charge in [-0.15, -0.1) is 0 Å². The number of nitrogens with zero attached hydrogens (tertiary/aromatic N) is 1. The van der Waals surface area contributed by atoms with E-state index in [-0.39, 0.29) is 0 Å². The van der Waals surface area contributed by atoms with Gasteiger partial charge in [-0.3, -0.25) is 0 Å². The summed E-state index contributed by atoms with van der Waals surface area (Å²) in [6.07, 6.45) is -0.735. The minimum absolute atomic E-state index is 0.332. The number of rotatable bonds is 3. The number of nitrogens with one attached hydrogen (secondary N) is 1. The first-order valence-electron chi connectivity index (χ1n) is 6.86. The molecule has 21 heavy (non-hydrogen) atoms. The topological polar surface area (TPSA) is 84.9 Å². The van der Waals surface area contributed by atoms with Crippen LogP contribution >= 0.6 is 0 Å². The predicted molar refractivity (Wildman–Crippen MR) is 77.6 cm³/mol. The Morgan fingerprint density at radius 1 is 1.10 bits per heavy atom. The van der Waals surface area contributed by atoms with E-state index in [1.54, 1.807) is 48.5 Å². The summed E-state index contributed by atoms with van der Waals surface area (Å²) >= 11 is 0. The molecule has 0 aromatic rings. The Morgan fingerprint density at radius 2 is 1.57 bits per heavy atom. The van der Waals surface area contributed by atoms with Crippen LogP contribution in [0, 0.1) is 0 Å². The zero-order chi connectivity index (χ0) is 16.8. The van der Waals surface area contributed by atoms with E-state index in [0.29, 0.717) is 12.7 Å². The molecule has 0 spiro atoms. The van der Waals surface area contributed by atoms with Crippen molar-refractivity contribution in [1.29, 1.82) is 0 Å². The molecule has 0 bridgehead atoms. The standard InChI is InChI=1S/C14H26N2O5/c1-8-10(9-17)16(12(19)21-14(5,6)7)15-11(18)20-13(2,3)4/h9-10H,8H2,1-7H3,(H,15,18)/t10-/m0/s1.